The first-order valence-electron chi connectivity index (χ1n) is 7.35. The molecule has 0 amide bonds. The predicted octanol–water partition coefficient (Wildman–Crippen LogP) is 2.45. The van der Waals surface area contributed by atoms with E-state index in [1.165, 1.54) is 5.56 Å². The van der Waals surface area contributed by atoms with Crippen molar-refractivity contribution in [2.45, 2.75) is 19.5 Å². The summed E-state index contributed by atoms with van der Waals surface area (Å²) < 4.78 is 11.2. The highest BCUT2D eigenvalue weighted by atomic mass is 16.5. The Balaban J connectivity index is 1.85. The molecule has 1 unspecified atom stereocenters. The zero-order valence-corrected chi connectivity index (χ0v) is 12.3. The van der Waals surface area contributed by atoms with Crippen molar-refractivity contribution in [2.75, 3.05) is 26.4 Å². The maximum atomic E-state index is 9.49. The molecule has 1 fully saturated rings. The van der Waals surface area contributed by atoms with Crippen LogP contribution in [-0.4, -0.2) is 42.4 Å². The molecule has 21 heavy (non-hydrogen) atoms. The Kier molecular flexibility index (Phi) is 4.39. The van der Waals surface area contributed by atoms with Crippen molar-refractivity contribution < 1.29 is 14.3 Å². The number of morpholine rings is 1. The normalized spacial score (nSPS) is 19.8. The molecule has 1 aromatic carbocycles. The van der Waals surface area contributed by atoms with Gasteiger partial charge in [-0.25, -0.2) is 0 Å². The molecular formula is C17H21NO3. The van der Waals surface area contributed by atoms with Crippen molar-refractivity contribution in [3.05, 3.63) is 47.7 Å². The molecular weight excluding hydrogens is 266 g/mol. The smallest absolute Gasteiger partial charge is 0.134 e. The number of ether oxygens (including phenoxy) is 1. The summed E-state index contributed by atoms with van der Waals surface area (Å²) in [4.78, 5) is 2.28. The summed E-state index contributed by atoms with van der Waals surface area (Å²) in [6.07, 6.45) is 0. The van der Waals surface area contributed by atoms with Gasteiger partial charge in [0.25, 0.3) is 0 Å². The number of nitrogens with zero attached hydrogens (tertiary/aromatic N) is 1. The van der Waals surface area contributed by atoms with Crippen molar-refractivity contribution in [2.24, 2.45) is 0 Å². The average Bonchev–Trinajstić information content (AvgIpc) is 2.95. The van der Waals surface area contributed by atoms with Crippen LogP contribution >= 0.6 is 0 Å². The van der Waals surface area contributed by atoms with Crippen LogP contribution in [0.1, 0.15) is 11.3 Å². The first-order valence-corrected chi connectivity index (χ1v) is 7.35. The number of hydrogen-bond donors (Lipinski definition) is 1. The van der Waals surface area contributed by atoms with Gasteiger partial charge in [0, 0.05) is 18.7 Å². The van der Waals surface area contributed by atoms with Crippen molar-refractivity contribution in [3.63, 3.8) is 0 Å². The molecule has 112 valence electrons. The first-order chi connectivity index (χ1) is 10.3. The Morgan fingerprint density at radius 1 is 1.24 bits per heavy atom. The van der Waals surface area contributed by atoms with Gasteiger partial charge >= 0.3 is 0 Å². The largest absolute Gasteiger partial charge is 0.461 e. The van der Waals surface area contributed by atoms with Gasteiger partial charge in [-0.3, -0.25) is 4.90 Å². The van der Waals surface area contributed by atoms with Crippen molar-refractivity contribution in [1.82, 2.24) is 4.90 Å². The third kappa shape index (κ3) is 3.18. The molecule has 2 aromatic rings. The van der Waals surface area contributed by atoms with E-state index in [0.29, 0.717) is 6.61 Å². The molecule has 1 aliphatic rings. The van der Waals surface area contributed by atoms with Gasteiger partial charge < -0.3 is 14.3 Å². The van der Waals surface area contributed by atoms with Crippen LogP contribution in [0.15, 0.2) is 40.8 Å². The molecule has 0 radical (unpaired) electrons. The van der Waals surface area contributed by atoms with Gasteiger partial charge in [-0.15, -0.1) is 0 Å². The van der Waals surface area contributed by atoms with Gasteiger partial charge in [-0.05, 0) is 24.6 Å². The van der Waals surface area contributed by atoms with Gasteiger partial charge in [0.05, 0.1) is 25.9 Å². The van der Waals surface area contributed by atoms with E-state index in [1.807, 2.05) is 31.2 Å². The third-order valence-electron chi connectivity index (χ3n) is 3.96. The summed E-state index contributed by atoms with van der Waals surface area (Å²) in [6.45, 7) is 5.04. The Labute approximate surface area is 124 Å². The number of rotatable bonds is 4. The van der Waals surface area contributed by atoms with E-state index in [9.17, 15) is 5.11 Å². The lowest BCUT2D eigenvalue weighted by Gasteiger charge is -2.34. The van der Waals surface area contributed by atoms with E-state index in [1.54, 1.807) is 0 Å². The van der Waals surface area contributed by atoms with E-state index in [0.717, 1.165) is 36.8 Å². The molecule has 1 saturated heterocycles. The molecule has 4 heteroatoms. The highest BCUT2D eigenvalue weighted by Gasteiger charge is 2.23. The van der Waals surface area contributed by atoms with Crippen LogP contribution < -0.4 is 0 Å². The van der Waals surface area contributed by atoms with Crippen LogP contribution in [0, 0.1) is 6.92 Å². The Morgan fingerprint density at radius 2 is 2.10 bits per heavy atom. The third-order valence-corrected chi connectivity index (χ3v) is 3.96. The minimum absolute atomic E-state index is 0.0742. The number of aliphatic hydroxyl groups excluding tert-OH is 1. The van der Waals surface area contributed by atoms with Crippen LogP contribution in [0.4, 0.5) is 0 Å². The molecule has 0 saturated carbocycles. The molecule has 1 N–H and O–H groups in total. The maximum absolute atomic E-state index is 9.49. The van der Waals surface area contributed by atoms with E-state index < -0.39 is 0 Å². The summed E-state index contributed by atoms with van der Waals surface area (Å²) in [5.74, 6) is 1.82. The SMILES string of the molecule is Cc1ccc(-c2ccccc2CN2CCOCC2CO)o1. The summed E-state index contributed by atoms with van der Waals surface area (Å²) in [5.41, 5.74) is 2.33. The molecule has 4 nitrogen and oxygen atoms in total. The lowest BCUT2D eigenvalue weighted by atomic mass is 10.0. The highest BCUT2D eigenvalue weighted by Crippen LogP contribution is 2.27. The van der Waals surface area contributed by atoms with Gasteiger partial charge in [0.15, 0.2) is 0 Å². The molecule has 1 aliphatic heterocycles. The zero-order valence-electron chi connectivity index (χ0n) is 12.3. The summed E-state index contributed by atoms with van der Waals surface area (Å²) in [7, 11) is 0. The van der Waals surface area contributed by atoms with E-state index in [2.05, 4.69) is 17.0 Å². The number of aryl methyl sites for hydroxylation is 1. The van der Waals surface area contributed by atoms with Crippen molar-refractivity contribution in [3.8, 4) is 11.3 Å². The molecule has 0 bridgehead atoms. The Morgan fingerprint density at radius 3 is 2.86 bits per heavy atom. The molecule has 0 aliphatic carbocycles. The fraction of sp³-hybridized carbons (Fsp3) is 0.412. The van der Waals surface area contributed by atoms with Crippen LogP contribution in [0.3, 0.4) is 0 Å². The fourth-order valence-corrected chi connectivity index (χ4v) is 2.76. The molecule has 1 atom stereocenters. The number of aliphatic hydroxyl groups is 1. The van der Waals surface area contributed by atoms with Crippen LogP contribution in [0.5, 0.6) is 0 Å². The first kappa shape index (κ1) is 14.3. The van der Waals surface area contributed by atoms with Gasteiger partial charge in [0.2, 0.25) is 0 Å². The zero-order chi connectivity index (χ0) is 14.7. The van der Waals surface area contributed by atoms with Gasteiger partial charge in [0.1, 0.15) is 11.5 Å². The fourth-order valence-electron chi connectivity index (χ4n) is 2.76. The maximum Gasteiger partial charge on any atom is 0.134 e. The van der Waals surface area contributed by atoms with Crippen LogP contribution in [0.2, 0.25) is 0 Å². The van der Waals surface area contributed by atoms with E-state index >= 15 is 0 Å². The molecule has 0 spiro atoms. The lowest BCUT2D eigenvalue weighted by molar-refractivity contribution is -0.0312. The van der Waals surface area contributed by atoms with Crippen LogP contribution in [0.25, 0.3) is 11.3 Å². The van der Waals surface area contributed by atoms with E-state index in [-0.39, 0.29) is 12.6 Å². The highest BCUT2D eigenvalue weighted by molar-refractivity contribution is 5.62. The standard InChI is InChI=1S/C17H21NO3/c1-13-6-7-17(21-13)16-5-3-2-4-14(16)10-18-8-9-20-12-15(18)11-19/h2-7,15,19H,8-12H2,1H3. The second kappa shape index (κ2) is 6.43. The molecule has 1 aromatic heterocycles. The Hall–Kier alpha value is -1.62. The lowest BCUT2D eigenvalue weighted by Crippen LogP contribution is -2.46. The molecule has 3 rings (SSSR count). The van der Waals surface area contributed by atoms with Crippen molar-refractivity contribution >= 4 is 0 Å². The van der Waals surface area contributed by atoms with Gasteiger partial charge in [-0.2, -0.15) is 0 Å². The minimum atomic E-state index is 0.0742. The second-order valence-electron chi connectivity index (χ2n) is 5.45. The number of benzene rings is 1. The Bertz CT molecular complexity index is 593. The van der Waals surface area contributed by atoms with Crippen LogP contribution in [-0.2, 0) is 11.3 Å². The topological polar surface area (TPSA) is 45.8 Å². The van der Waals surface area contributed by atoms with Gasteiger partial charge in [-0.1, -0.05) is 24.3 Å². The van der Waals surface area contributed by atoms with Crippen molar-refractivity contribution in [1.29, 1.82) is 0 Å². The predicted molar refractivity (Wildman–Crippen MR) is 81.0 cm³/mol. The van der Waals surface area contributed by atoms with E-state index in [4.69, 9.17) is 9.15 Å². The second-order valence-corrected chi connectivity index (χ2v) is 5.45. The summed E-state index contributed by atoms with van der Waals surface area (Å²) in [5, 5.41) is 9.49. The molecule has 2 heterocycles. The minimum Gasteiger partial charge on any atom is -0.461 e. The monoisotopic (exact) mass is 287 g/mol. The quantitative estimate of drug-likeness (QED) is 0.938. The summed E-state index contributed by atoms with van der Waals surface area (Å²) >= 11 is 0. The number of furan rings is 1. The average molecular weight is 287 g/mol. The summed E-state index contributed by atoms with van der Waals surface area (Å²) in [6, 6.07) is 12.3. The number of hydrogen-bond acceptors (Lipinski definition) is 4.